The van der Waals surface area contributed by atoms with E-state index in [-0.39, 0.29) is 16.0 Å². The fourth-order valence-corrected chi connectivity index (χ4v) is 2.29. The number of halogens is 1. The normalized spacial score (nSPS) is 14.5. The molecule has 2 rings (SSSR count). The summed E-state index contributed by atoms with van der Waals surface area (Å²) >= 11 is 6.73. The molecule has 102 valence electrons. The van der Waals surface area contributed by atoms with Crippen LogP contribution in [0.2, 0.25) is 5.15 Å². The number of aliphatic hydroxyl groups excluding tert-OH is 2. The lowest BCUT2D eigenvalue weighted by molar-refractivity contribution is -0.109. The summed E-state index contributed by atoms with van der Waals surface area (Å²) in [6.07, 6.45) is -0.854. The van der Waals surface area contributed by atoms with E-state index in [0.717, 1.165) is 11.8 Å². The van der Waals surface area contributed by atoms with Gasteiger partial charge in [0.1, 0.15) is 11.3 Å². The molecule has 0 aromatic carbocycles. The molecule has 0 spiro atoms. The van der Waals surface area contributed by atoms with Gasteiger partial charge in [0, 0.05) is 12.7 Å². The minimum atomic E-state index is -1.19. The van der Waals surface area contributed by atoms with Gasteiger partial charge in [-0.05, 0) is 12.1 Å². The van der Waals surface area contributed by atoms with E-state index in [2.05, 4.69) is 10.1 Å². The third-order valence-electron chi connectivity index (χ3n) is 2.48. The van der Waals surface area contributed by atoms with E-state index in [1.54, 1.807) is 12.1 Å². The number of rotatable bonds is 4. The van der Waals surface area contributed by atoms with Crippen LogP contribution in [0.25, 0.3) is 5.65 Å². The first-order valence-corrected chi connectivity index (χ1v) is 6.85. The summed E-state index contributed by atoms with van der Waals surface area (Å²) in [7, 11) is 0. The molecule has 0 amide bonds. The number of thioether (sulfide) groups is 1. The van der Waals surface area contributed by atoms with Crippen molar-refractivity contribution in [1.82, 2.24) is 14.6 Å². The van der Waals surface area contributed by atoms with Crippen LogP contribution in [0.4, 0.5) is 0 Å². The average Bonchev–Trinajstić information content (AvgIpc) is 2.77. The van der Waals surface area contributed by atoms with Crippen molar-refractivity contribution < 1.29 is 15.0 Å². The number of hydrogen-bond donors (Lipinski definition) is 2. The van der Waals surface area contributed by atoms with Crippen molar-refractivity contribution in [3.8, 4) is 0 Å². The molecule has 0 saturated carbocycles. The maximum absolute atomic E-state index is 10.8. The van der Waals surface area contributed by atoms with Gasteiger partial charge in [0.05, 0.1) is 18.0 Å². The topological polar surface area (TPSA) is 87.7 Å². The number of carbonyl (C=O) groups is 1. The van der Waals surface area contributed by atoms with Gasteiger partial charge in [0.2, 0.25) is 0 Å². The second kappa shape index (κ2) is 5.87. The SMILES string of the molecule is CC(=O)SCC(O)C(O)c1cnc2ccc(Cl)nn12. The van der Waals surface area contributed by atoms with E-state index in [9.17, 15) is 15.0 Å². The smallest absolute Gasteiger partial charge is 0.185 e. The highest BCUT2D eigenvalue weighted by molar-refractivity contribution is 8.13. The van der Waals surface area contributed by atoms with Crippen LogP contribution in [0.15, 0.2) is 18.3 Å². The number of aliphatic hydroxyl groups is 2. The van der Waals surface area contributed by atoms with Gasteiger partial charge in [-0.2, -0.15) is 5.10 Å². The molecule has 2 N–H and O–H groups in total. The van der Waals surface area contributed by atoms with Crippen LogP contribution >= 0.6 is 23.4 Å². The lowest BCUT2D eigenvalue weighted by Gasteiger charge is -2.16. The lowest BCUT2D eigenvalue weighted by atomic mass is 10.2. The predicted molar refractivity (Wildman–Crippen MR) is 72.1 cm³/mol. The van der Waals surface area contributed by atoms with Crippen molar-refractivity contribution in [3.05, 3.63) is 29.2 Å². The van der Waals surface area contributed by atoms with Crippen molar-refractivity contribution in [2.24, 2.45) is 0 Å². The van der Waals surface area contributed by atoms with Crippen molar-refractivity contribution in [3.63, 3.8) is 0 Å². The van der Waals surface area contributed by atoms with Crippen LogP contribution in [0, 0.1) is 0 Å². The Morgan fingerprint density at radius 3 is 2.95 bits per heavy atom. The van der Waals surface area contributed by atoms with Crippen molar-refractivity contribution in [2.75, 3.05) is 5.75 Å². The maximum atomic E-state index is 10.8. The quantitative estimate of drug-likeness (QED) is 0.878. The lowest BCUT2D eigenvalue weighted by Crippen LogP contribution is -2.23. The Morgan fingerprint density at radius 2 is 2.26 bits per heavy atom. The zero-order valence-electron chi connectivity index (χ0n) is 10.0. The highest BCUT2D eigenvalue weighted by Gasteiger charge is 2.23. The van der Waals surface area contributed by atoms with Crippen LogP contribution in [-0.2, 0) is 4.79 Å². The highest BCUT2D eigenvalue weighted by Crippen LogP contribution is 2.21. The Kier molecular flexibility index (Phi) is 4.41. The van der Waals surface area contributed by atoms with Gasteiger partial charge >= 0.3 is 0 Å². The Hall–Kier alpha value is -1.15. The van der Waals surface area contributed by atoms with Crippen LogP contribution in [0.1, 0.15) is 18.7 Å². The molecule has 0 radical (unpaired) electrons. The van der Waals surface area contributed by atoms with E-state index in [4.69, 9.17) is 11.6 Å². The Balaban J connectivity index is 2.23. The zero-order chi connectivity index (χ0) is 14.0. The Labute approximate surface area is 118 Å². The minimum Gasteiger partial charge on any atom is -0.389 e. The predicted octanol–water partition coefficient (Wildman–Crippen LogP) is 1.06. The molecule has 2 aromatic rings. The Morgan fingerprint density at radius 1 is 1.53 bits per heavy atom. The first-order chi connectivity index (χ1) is 8.99. The van der Waals surface area contributed by atoms with Crippen molar-refractivity contribution in [2.45, 2.75) is 19.1 Å². The maximum Gasteiger partial charge on any atom is 0.185 e. The van der Waals surface area contributed by atoms with Crippen LogP contribution in [0.5, 0.6) is 0 Å². The van der Waals surface area contributed by atoms with Gasteiger partial charge in [-0.3, -0.25) is 4.79 Å². The first kappa shape index (κ1) is 14.3. The summed E-state index contributed by atoms with van der Waals surface area (Å²) in [6.45, 7) is 1.40. The van der Waals surface area contributed by atoms with E-state index in [1.165, 1.54) is 17.6 Å². The van der Waals surface area contributed by atoms with E-state index < -0.39 is 12.2 Å². The molecule has 0 aliphatic carbocycles. The molecule has 0 aliphatic rings. The molecule has 2 unspecified atom stereocenters. The fraction of sp³-hybridized carbons (Fsp3) is 0.364. The molecule has 19 heavy (non-hydrogen) atoms. The number of fused-ring (bicyclic) bond motifs is 1. The van der Waals surface area contributed by atoms with Crippen LogP contribution < -0.4 is 0 Å². The number of aromatic nitrogens is 3. The average molecular weight is 302 g/mol. The van der Waals surface area contributed by atoms with Crippen LogP contribution in [0.3, 0.4) is 0 Å². The second-order valence-electron chi connectivity index (χ2n) is 3.92. The first-order valence-electron chi connectivity index (χ1n) is 5.48. The molecule has 0 fully saturated rings. The number of carbonyl (C=O) groups excluding carboxylic acids is 1. The summed E-state index contributed by atoms with van der Waals surface area (Å²) in [5.41, 5.74) is 0.846. The monoisotopic (exact) mass is 301 g/mol. The molecule has 2 heterocycles. The van der Waals surface area contributed by atoms with E-state index in [0.29, 0.717) is 11.3 Å². The van der Waals surface area contributed by atoms with Gasteiger partial charge in [0.25, 0.3) is 0 Å². The van der Waals surface area contributed by atoms with Gasteiger partial charge in [0.15, 0.2) is 10.8 Å². The zero-order valence-corrected chi connectivity index (χ0v) is 11.6. The summed E-state index contributed by atoms with van der Waals surface area (Å²) in [5, 5.41) is 24.0. The molecule has 2 atom stereocenters. The molecular weight excluding hydrogens is 290 g/mol. The van der Waals surface area contributed by atoms with Gasteiger partial charge in [-0.15, -0.1) is 0 Å². The summed E-state index contributed by atoms with van der Waals surface area (Å²) in [6, 6.07) is 3.24. The standard InChI is InChI=1S/C11H12ClN3O3S/c1-6(16)19-5-8(17)11(18)7-4-13-10-3-2-9(12)14-15(7)10/h2-4,8,11,17-18H,5H2,1H3. The molecule has 2 aromatic heterocycles. The molecule has 8 heteroatoms. The Bertz CT molecular complexity index is 604. The third kappa shape index (κ3) is 3.24. The highest BCUT2D eigenvalue weighted by atomic mass is 35.5. The summed E-state index contributed by atoms with van der Waals surface area (Å²) in [4.78, 5) is 14.9. The van der Waals surface area contributed by atoms with Gasteiger partial charge in [-0.25, -0.2) is 9.50 Å². The third-order valence-corrected chi connectivity index (χ3v) is 3.60. The van der Waals surface area contributed by atoms with Crippen molar-refractivity contribution >= 4 is 34.1 Å². The van der Waals surface area contributed by atoms with Gasteiger partial charge < -0.3 is 10.2 Å². The second-order valence-corrected chi connectivity index (χ2v) is 5.51. The summed E-state index contributed by atoms with van der Waals surface area (Å²) in [5.74, 6) is 0.101. The number of nitrogens with zero attached hydrogens (tertiary/aromatic N) is 3. The van der Waals surface area contributed by atoms with Crippen molar-refractivity contribution in [1.29, 1.82) is 0 Å². The number of hydrogen-bond acceptors (Lipinski definition) is 6. The fourth-order valence-electron chi connectivity index (χ4n) is 1.56. The molecule has 0 bridgehead atoms. The van der Waals surface area contributed by atoms with Crippen LogP contribution in [-0.4, -0.2) is 41.8 Å². The largest absolute Gasteiger partial charge is 0.389 e. The summed E-state index contributed by atoms with van der Waals surface area (Å²) < 4.78 is 1.37. The number of imidazole rings is 1. The minimum absolute atomic E-state index is 0.101. The molecule has 6 nitrogen and oxygen atoms in total. The molecule has 0 saturated heterocycles. The molecule has 0 aliphatic heterocycles. The van der Waals surface area contributed by atoms with Gasteiger partial charge in [-0.1, -0.05) is 23.4 Å². The van der Waals surface area contributed by atoms with E-state index >= 15 is 0 Å². The molecular formula is C11H12ClN3O3S. The van der Waals surface area contributed by atoms with E-state index in [1.807, 2.05) is 0 Å².